The van der Waals surface area contributed by atoms with Crippen molar-refractivity contribution in [2.45, 2.75) is 4.90 Å². The number of fused-ring (bicyclic) bond motifs is 1. The van der Waals surface area contributed by atoms with Gasteiger partial charge in [-0.25, -0.2) is 17.2 Å². The van der Waals surface area contributed by atoms with Crippen LogP contribution in [0.25, 0.3) is 0 Å². The van der Waals surface area contributed by atoms with Crippen molar-refractivity contribution < 1.29 is 26.7 Å². The first kappa shape index (κ1) is 15.5. The van der Waals surface area contributed by atoms with Gasteiger partial charge in [0.05, 0.1) is 10.6 Å². The Morgan fingerprint density at radius 1 is 1.00 bits per heavy atom. The lowest BCUT2D eigenvalue weighted by Gasteiger charge is -2.22. The van der Waals surface area contributed by atoms with Gasteiger partial charge >= 0.3 is 0 Å². The highest BCUT2D eigenvalue weighted by molar-refractivity contribution is 7.92. The molecule has 0 saturated heterocycles. The molecule has 0 amide bonds. The van der Waals surface area contributed by atoms with Crippen LogP contribution in [0.3, 0.4) is 0 Å². The molecule has 1 aliphatic heterocycles. The average molecular weight is 341 g/mol. The normalized spacial score (nSPS) is 13.7. The van der Waals surface area contributed by atoms with Crippen LogP contribution in [0.5, 0.6) is 11.5 Å². The molecule has 1 aliphatic rings. The maximum Gasteiger partial charge on any atom is 0.264 e. The molecule has 8 heteroatoms. The smallest absolute Gasteiger partial charge is 0.264 e. The standard InChI is InChI=1S/C15H13F2NO4S/c1-18(13-4-2-10(16)8-12(13)17)23(19,20)11-3-5-14-15(9-11)22-7-6-21-14/h2-5,8-9H,6-7H2,1H3. The van der Waals surface area contributed by atoms with Gasteiger partial charge in [0.15, 0.2) is 11.5 Å². The predicted molar refractivity (Wildman–Crippen MR) is 79.4 cm³/mol. The molecule has 122 valence electrons. The number of ether oxygens (including phenoxy) is 2. The van der Waals surface area contributed by atoms with E-state index in [0.29, 0.717) is 30.8 Å². The minimum Gasteiger partial charge on any atom is -0.486 e. The highest BCUT2D eigenvalue weighted by Crippen LogP contribution is 2.34. The molecule has 0 spiro atoms. The number of rotatable bonds is 3. The van der Waals surface area contributed by atoms with Gasteiger partial charge in [0.25, 0.3) is 10.0 Å². The van der Waals surface area contributed by atoms with Gasteiger partial charge in [-0.3, -0.25) is 4.31 Å². The molecule has 2 aromatic carbocycles. The number of nitrogens with zero attached hydrogens (tertiary/aromatic N) is 1. The third-order valence-electron chi connectivity index (χ3n) is 3.42. The van der Waals surface area contributed by atoms with Gasteiger partial charge in [-0.15, -0.1) is 0 Å². The topological polar surface area (TPSA) is 55.8 Å². The maximum atomic E-state index is 13.8. The first-order chi connectivity index (χ1) is 10.9. The number of hydrogen-bond acceptors (Lipinski definition) is 4. The lowest BCUT2D eigenvalue weighted by molar-refractivity contribution is 0.171. The molecule has 2 aromatic rings. The van der Waals surface area contributed by atoms with Crippen LogP contribution < -0.4 is 13.8 Å². The van der Waals surface area contributed by atoms with Crippen molar-refractivity contribution in [3.8, 4) is 11.5 Å². The van der Waals surface area contributed by atoms with Crippen LogP contribution in [0.4, 0.5) is 14.5 Å². The molecular formula is C15H13F2NO4S. The van der Waals surface area contributed by atoms with Gasteiger partial charge in [0.2, 0.25) is 0 Å². The third kappa shape index (κ3) is 2.81. The molecule has 0 atom stereocenters. The fourth-order valence-electron chi connectivity index (χ4n) is 2.21. The van der Waals surface area contributed by atoms with Crippen LogP contribution in [-0.4, -0.2) is 28.7 Å². The zero-order chi connectivity index (χ0) is 16.6. The molecule has 0 fully saturated rings. The summed E-state index contributed by atoms with van der Waals surface area (Å²) < 4.78 is 63.5. The second-order valence-electron chi connectivity index (χ2n) is 4.87. The maximum absolute atomic E-state index is 13.8. The summed E-state index contributed by atoms with van der Waals surface area (Å²) in [6, 6.07) is 6.85. The van der Waals surface area contributed by atoms with Gasteiger partial charge < -0.3 is 9.47 Å². The van der Waals surface area contributed by atoms with E-state index in [9.17, 15) is 17.2 Å². The first-order valence-electron chi connectivity index (χ1n) is 6.73. The Balaban J connectivity index is 2.00. The molecule has 1 heterocycles. The largest absolute Gasteiger partial charge is 0.486 e. The van der Waals surface area contributed by atoms with Crippen molar-refractivity contribution in [1.82, 2.24) is 0 Å². The van der Waals surface area contributed by atoms with Crippen molar-refractivity contribution in [3.05, 3.63) is 48.0 Å². The van der Waals surface area contributed by atoms with Crippen molar-refractivity contribution in [1.29, 1.82) is 0 Å². The highest BCUT2D eigenvalue weighted by Gasteiger charge is 2.26. The summed E-state index contributed by atoms with van der Waals surface area (Å²) in [5.41, 5.74) is -0.249. The summed E-state index contributed by atoms with van der Waals surface area (Å²) in [6.07, 6.45) is 0. The monoisotopic (exact) mass is 341 g/mol. The third-order valence-corrected chi connectivity index (χ3v) is 5.19. The zero-order valence-corrected chi connectivity index (χ0v) is 12.9. The Morgan fingerprint density at radius 3 is 2.39 bits per heavy atom. The van der Waals surface area contributed by atoms with E-state index in [1.165, 1.54) is 25.2 Å². The van der Waals surface area contributed by atoms with Crippen LogP contribution in [0.2, 0.25) is 0 Å². The summed E-state index contributed by atoms with van der Waals surface area (Å²) in [6.45, 7) is 0.707. The lowest BCUT2D eigenvalue weighted by Crippen LogP contribution is -2.27. The fourth-order valence-corrected chi connectivity index (χ4v) is 3.43. The van der Waals surface area contributed by atoms with Crippen LogP contribution in [0.1, 0.15) is 0 Å². The van der Waals surface area contributed by atoms with E-state index in [1.807, 2.05) is 0 Å². The molecule has 0 saturated carbocycles. The molecule has 23 heavy (non-hydrogen) atoms. The molecule has 0 unspecified atom stereocenters. The predicted octanol–water partition coefficient (Wildman–Crippen LogP) is 2.56. The molecule has 5 nitrogen and oxygen atoms in total. The highest BCUT2D eigenvalue weighted by atomic mass is 32.2. The second-order valence-corrected chi connectivity index (χ2v) is 6.84. The van der Waals surface area contributed by atoms with Gasteiger partial charge in [-0.1, -0.05) is 0 Å². The van der Waals surface area contributed by atoms with Crippen molar-refractivity contribution in [2.24, 2.45) is 0 Å². The van der Waals surface area contributed by atoms with Crippen molar-refractivity contribution in [3.63, 3.8) is 0 Å². The van der Waals surface area contributed by atoms with E-state index in [-0.39, 0.29) is 10.6 Å². The van der Waals surface area contributed by atoms with Gasteiger partial charge in [-0.05, 0) is 24.3 Å². The van der Waals surface area contributed by atoms with E-state index in [2.05, 4.69) is 0 Å². The number of hydrogen-bond donors (Lipinski definition) is 0. The summed E-state index contributed by atoms with van der Waals surface area (Å²) in [7, 11) is -2.83. The van der Waals surface area contributed by atoms with Gasteiger partial charge in [0, 0.05) is 19.2 Å². The lowest BCUT2D eigenvalue weighted by atomic mass is 10.3. The van der Waals surface area contributed by atoms with Crippen LogP contribution >= 0.6 is 0 Å². The molecule has 0 aromatic heterocycles. The Morgan fingerprint density at radius 2 is 1.70 bits per heavy atom. The summed E-state index contributed by atoms with van der Waals surface area (Å²) >= 11 is 0. The van der Waals surface area contributed by atoms with E-state index in [1.54, 1.807) is 0 Å². The summed E-state index contributed by atoms with van der Waals surface area (Å²) in [5.74, 6) is -0.985. The molecule has 0 bridgehead atoms. The van der Waals surface area contributed by atoms with Crippen molar-refractivity contribution in [2.75, 3.05) is 24.6 Å². The van der Waals surface area contributed by atoms with E-state index in [4.69, 9.17) is 9.47 Å². The summed E-state index contributed by atoms with van der Waals surface area (Å²) in [5, 5.41) is 0. The minimum absolute atomic E-state index is 0.0759. The Hall–Kier alpha value is -2.35. The van der Waals surface area contributed by atoms with Gasteiger partial charge in [0.1, 0.15) is 24.8 Å². The molecule has 0 N–H and O–H groups in total. The Bertz CT molecular complexity index is 855. The molecular weight excluding hydrogens is 328 g/mol. The van der Waals surface area contributed by atoms with Crippen LogP contribution in [0.15, 0.2) is 41.3 Å². The molecule has 0 aliphatic carbocycles. The molecule has 0 radical (unpaired) electrons. The first-order valence-corrected chi connectivity index (χ1v) is 8.17. The Kier molecular flexibility index (Phi) is 3.85. The SMILES string of the molecule is CN(c1ccc(F)cc1F)S(=O)(=O)c1ccc2c(c1)OCCO2. The second kappa shape index (κ2) is 5.69. The Labute approximate surface area is 132 Å². The number of benzene rings is 2. The number of halogens is 2. The van der Waals surface area contributed by atoms with Gasteiger partial charge in [-0.2, -0.15) is 0 Å². The minimum atomic E-state index is -4.03. The number of anilines is 1. The molecule has 3 rings (SSSR count). The van der Waals surface area contributed by atoms with Crippen molar-refractivity contribution >= 4 is 15.7 Å². The quantitative estimate of drug-likeness (QED) is 0.861. The van der Waals surface area contributed by atoms with E-state index >= 15 is 0 Å². The van der Waals surface area contributed by atoms with E-state index in [0.717, 1.165) is 16.4 Å². The average Bonchev–Trinajstić information content (AvgIpc) is 2.53. The summed E-state index contributed by atoms with van der Waals surface area (Å²) in [4.78, 5) is -0.0759. The van der Waals surface area contributed by atoms with E-state index < -0.39 is 21.7 Å². The fraction of sp³-hybridized carbons (Fsp3) is 0.200. The van der Waals surface area contributed by atoms with Crippen LogP contribution in [-0.2, 0) is 10.0 Å². The zero-order valence-electron chi connectivity index (χ0n) is 12.1. The van der Waals surface area contributed by atoms with Crippen LogP contribution in [0, 0.1) is 11.6 Å². The number of sulfonamides is 1.